The third-order valence-electron chi connectivity index (χ3n) is 6.60. The van der Waals surface area contributed by atoms with Gasteiger partial charge in [-0.1, -0.05) is 24.6 Å². The number of ether oxygens (including phenoxy) is 2. The summed E-state index contributed by atoms with van der Waals surface area (Å²) < 4.78 is 55.4. The molecular weight excluding hydrogens is 519 g/mol. The largest absolute Gasteiger partial charge is 0.478 e. The van der Waals surface area contributed by atoms with Gasteiger partial charge in [0.15, 0.2) is 0 Å². The number of rotatable bonds is 10. The Labute approximate surface area is 223 Å². The zero-order valence-corrected chi connectivity index (χ0v) is 22.0. The number of halogens is 3. The van der Waals surface area contributed by atoms with Crippen LogP contribution in [0, 0.1) is 19.8 Å². The highest BCUT2D eigenvalue weighted by Gasteiger charge is 2.29. The molecule has 1 aliphatic rings. The molecule has 3 aromatic rings. The van der Waals surface area contributed by atoms with Crippen LogP contribution in [0.15, 0.2) is 51.8 Å². The summed E-state index contributed by atoms with van der Waals surface area (Å²) in [7, 11) is 0. The monoisotopic (exact) mass is 549 g/mol. The summed E-state index contributed by atoms with van der Waals surface area (Å²) in [6, 6.07) is 11.3. The van der Waals surface area contributed by atoms with Crippen LogP contribution < -0.4 is 0 Å². The van der Waals surface area contributed by atoms with Crippen LogP contribution in [0.5, 0.6) is 0 Å². The van der Waals surface area contributed by atoms with E-state index in [1.54, 1.807) is 38.1 Å². The molecule has 0 bridgehead atoms. The van der Waals surface area contributed by atoms with Crippen LogP contribution in [-0.4, -0.2) is 34.3 Å². The standard InChI is InChI=1S/C28H30F3NO5S/c1-17-5-3-7-21(25(17)27(33)34)15-36-22-8-4-6-19(13-22)14-35-16-24-18(2)37-26(32-24)20-9-11-23(12-10-20)38-28(29,30)31/h3,5,7,9-12,19,22H,4,6,8,13-16H2,1-2H3,(H,33,34)/t19?,22-/m1/s1. The molecular formula is C28H30F3NO5S. The van der Waals surface area contributed by atoms with E-state index in [2.05, 4.69) is 4.98 Å². The molecule has 0 amide bonds. The Bertz CT molecular complexity index is 1240. The highest BCUT2D eigenvalue weighted by Crippen LogP contribution is 2.37. The summed E-state index contributed by atoms with van der Waals surface area (Å²) >= 11 is -0.162. The van der Waals surface area contributed by atoms with Gasteiger partial charge in [-0.05, 0) is 86.2 Å². The average Bonchev–Trinajstić information content (AvgIpc) is 3.22. The quantitative estimate of drug-likeness (QED) is 0.261. The van der Waals surface area contributed by atoms with Gasteiger partial charge in [-0.15, -0.1) is 0 Å². The van der Waals surface area contributed by atoms with Gasteiger partial charge in [0.1, 0.15) is 11.5 Å². The smallest absolute Gasteiger partial charge is 0.446 e. The minimum absolute atomic E-state index is 0.0402. The maximum Gasteiger partial charge on any atom is 0.446 e. The van der Waals surface area contributed by atoms with Gasteiger partial charge in [-0.3, -0.25) is 0 Å². The summed E-state index contributed by atoms with van der Waals surface area (Å²) in [6.45, 7) is 4.64. The van der Waals surface area contributed by atoms with Gasteiger partial charge >= 0.3 is 11.5 Å². The van der Waals surface area contributed by atoms with E-state index in [-0.39, 0.29) is 36.0 Å². The molecule has 1 aromatic heterocycles. The number of carboxylic acids is 1. The maximum absolute atomic E-state index is 12.6. The van der Waals surface area contributed by atoms with Gasteiger partial charge in [0.2, 0.25) is 5.89 Å². The van der Waals surface area contributed by atoms with Crippen molar-refractivity contribution in [3.63, 3.8) is 0 Å². The van der Waals surface area contributed by atoms with Crippen molar-refractivity contribution >= 4 is 17.7 Å². The zero-order chi connectivity index (χ0) is 27.3. The second-order valence-corrected chi connectivity index (χ2v) is 10.6. The number of hydrogen-bond donors (Lipinski definition) is 1. The number of hydrogen-bond acceptors (Lipinski definition) is 6. The van der Waals surface area contributed by atoms with E-state index in [0.29, 0.717) is 46.6 Å². The fourth-order valence-electron chi connectivity index (χ4n) is 4.71. The van der Waals surface area contributed by atoms with Gasteiger partial charge < -0.3 is 19.0 Å². The Morgan fingerprint density at radius 3 is 2.61 bits per heavy atom. The second-order valence-electron chi connectivity index (χ2n) is 9.49. The lowest BCUT2D eigenvalue weighted by atomic mass is 9.87. The molecule has 0 aliphatic heterocycles. The molecule has 1 aliphatic carbocycles. The van der Waals surface area contributed by atoms with Crippen molar-refractivity contribution < 1.29 is 37.0 Å². The summed E-state index contributed by atoms with van der Waals surface area (Å²) in [4.78, 5) is 16.2. The van der Waals surface area contributed by atoms with Gasteiger partial charge in [-0.2, -0.15) is 13.2 Å². The van der Waals surface area contributed by atoms with Crippen molar-refractivity contribution in [3.8, 4) is 11.5 Å². The SMILES string of the molecule is Cc1cccc(CO[C@@H]2CCCC(COCc3nc(-c4ccc(SC(F)(F)F)cc4)oc3C)C2)c1C(=O)O. The molecule has 204 valence electrons. The summed E-state index contributed by atoms with van der Waals surface area (Å²) in [5.41, 5.74) is -1.38. The molecule has 4 rings (SSSR count). The number of aryl methyl sites for hydroxylation is 2. The molecule has 38 heavy (non-hydrogen) atoms. The molecule has 1 heterocycles. The van der Waals surface area contributed by atoms with Crippen LogP contribution in [0.3, 0.4) is 0 Å². The van der Waals surface area contributed by atoms with Crippen molar-refractivity contribution in [2.45, 2.75) is 69.3 Å². The van der Waals surface area contributed by atoms with E-state index >= 15 is 0 Å². The van der Waals surface area contributed by atoms with Crippen molar-refractivity contribution in [3.05, 3.63) is 70.6 Å². The Hall–Kier alpha value is -2.82. The van der Waals surface area contributed by atoms with E-state index in [1.807, 2.05) is 6.07 Å². The number of alkyl halides is 3. The molecule has 2 aromatic carbocycles. The van der Waals surface area contributed by atoms with Gasteiger partial charge in [0.25, 0.3) is 0 Å². The molecule has 1 unspecified atom stereocenters. The van der Waals surface area contributed by atoms with E-state index in [4.69, 9.17) is 13.9 Å². The van der Waals surface area contributed by atoms with Crippen LogP contribution in [0.2, 0.25) is 0 Å². The first-order chi connectivity index (χ1) is 18.1. The van der Waals surface area contributed by atoms with Crippen LogP contribution >= 0.6 is 11.8 Å². The summed E-state index contributed by atoms with van der Waals surface area (Å²) in [5, 5.41) is 9.53. The highest BCUT2D eigenvalue weighted by molar-refractivity contribution is 8.00. The molecule has 0 saturated heterocycles. The first-order valence-electron chi connectivity index (χ1n) is 12.4. The first-order valence-corrected chi connectivity index (χ1v) is 13.2. The Morgan fingerprint density at radius 1 is 1.13 bits per heavy atom. The minimum Gasteiger partial charge on any atom is -0.478 e. The molecule has 10 heteroatoms. The summed E-state index contributed by atoms with van der Waals surface area (Å²) in [6.07, 6.45) is 3.83. The van der Waals surface area contributed by atoms with Crippen molar-refractivity contribution in [2.75, 3.05) is 6.61 Å². The molecule has 6 nitrogen and oxygen atoms in total. The van der Waals surface area contributed by atoms with E-state index < -0.39 is 11.5 Å². The van der Waals surface area contributed by atoms with Crippen LogP contribution in [0.25, 0.3) is 11.5 Å². The topological polar surface area (TPSA) is 81.8 Å². The first kappa shape index (κ1) is 28.2. The molecule has 1 fully saturated rings. The van der Waals surface area contributed by atoms with Gasteiger partial charge in [0.05, 0.1) is 31.5 Å². The molecule has 1 N–H and O–H groups in total. The van der Waals surface area contributed by atoms with E-state index in [0.717, 1.165) is 31.2 Å². The zero-order valence-electron chi connectivity index (χ0n) is 21.2. The molecule has 0 radical (unpaired) electrons. The second kappa shape index (κ2) is 12.4. The lowest BCUT2D eigenvalue weighted by Crippen LogP contribution is -2.26. The molecule has 2 atom stereocenters. The fourth-order valence-corrected chi connectivity index (χ4v) is 5.25. The fraction of sp³-hybridized carbons (Fsp3) is 0.429. The van der Waals surface area contributed by atoms with E-state index in [9.17, 15) is 23.1 Å². The third kappa shape index (κ3) is 7.61. The number of carboxylic acid groups (broad SMARTS) is 1. The lowest BCUT2D eigenvalue weighted by molar-refractivity contribution is -0.0328. The predicted octanol–water partition coefficient (Wildman–Crippen LogP) is 7.56. The average molecular weight is 550 g/mol. The number of nitrogens with zero attached hydrogens (tertiary/aromatic N) is 1. The van der Waals surface area contributed by atoms with Crippen molar-refractivity contribution in [2.24, 2.45) is 5.92 Å². The number of aromatic nitrogens is 1. The van der Waals surface area contributed by atoms with Crippen molar-refractivity contribution in [1.29, 1.82) is 0 Å². The van der Waals surface area contributed by atoms with Gasteiger partial charge in [-0.25, -0.2) is 9.78 Å². The number of thioether (sulfide) groups is 1. The number of oxazole rings is 1. The Balaban J connectivity index is 1.27. The highest BCUT2D eigenvalue weighted by atomic mass is 32.2. The number of aromatic carboxylic acids is 1. The predicted molar refractivity (Wildman–Crippen MR) is 137 cm³/mol. The van der Waals surface area contributed by atoms with E-state index in [1.165, 1.54) is 12.1 Å². The molecule has 1 saturated carbocycles. The lowest BCUT2D eigenvalue weighted by Gasteiger charge is -2.29. The normalized spacial score (nSPS) is 18.0. The summed E-state index contributed by atoms with van der Waals surface area (Å²) in [5.74, 6) is 0.314. The third-order valence-corrected chi connectivity index (χ3v) is 7.34. The van der Waals surface area contributed by atoms with Crippen LogP contribution in [0.1, 0.15) is 58.6 Å². The molecule has 0 spiro atoms. The van der Waals surface area contributed by atoms with Crippen molar-refractivity contribution in [1.82, 2.24) is 4.98 Å². The van der Waals surface area contributed by atoms with Crippen LogP contribution in [-0.2, 0) is 22.7 Å². The Morgan fingerprint density at radius 2 is 1.89 bits per heavy atom. The van der Waals surface area contributed by atoms with Gasteiger partial charge in [0, 0.05) is 10.5 Å². The van der Waals surface area contributed by atoms with Crippen LogP contribution in [0.4, 0.5) is 13.2 Å². The maximum atomic E-state index is 12.6. The Kier molecular flexibility index (Phi) is 9.17. The minimum atomic E-state index is -4.33. The number of carbonyl (C=O) groups is 1. The number of benzene rings is 2.